The van der Waals surface area contributed by atoms with E-state index in [1.165, 1.54) is 6.26 Å². The molecule has 96 valence electrons. The van der Waals surface area contributed by atoms with Crippen LogP contribution in [0, 0.1) is 5.92 Å². The molecule has 0 saturated carbocycles. The van der Waals surface area contributed by atoms with Crippen molar-refractivity contribution in [2.45, 2.75) is 26.8 Å². The number of hydrogen-bond donors (Lipinski definition) is 2. The minimum absolute atomic E-state index is 0.00735. The van der Waals surface area contributed by atoms with Gasteiger partial charge in [-0.05, 0) is 12.8 Å². The van der Waals surface area contributed by atoms with Crippen LogP contribution in [0.1, 0.15) is 31.3 Å². The zero-order valence-corrected chi connectivity index (χ0v) is 10.4. The number of carbonyl (C=O) groups is 1. The Bertz CT molecular complexity index is 363. The Morgan fingerprint density at radius 3 is 2.94 bits per heavy atom. The van der Waals surface area contributed by atoms with Crippen LogP contribution in [0.25, 0.3) is 0 Å². The van der Waals surface area contributed by atoms with Crippen molar-refractivity contribution in [3.05, 3.63) is 12.0 Å². The van der Waals surface area contributed by atoms with Gasteiger partial charge in [-0.3, -0.25) is 0 Å². The molecule has 0 aromatic carbocycles. The van der Waals surface area contributed by atoms with Crippen LogP contribution < -0.4 is 11.1 Å². The summed E-state index contributed by atoms with van der Waals surface area (Å²) in [5, 5.41) is 2.93. The van der Waals surface area contributed by atoms with Crippen molar-refractivity contribution in [1.82, 2.24) is 4.98 Å². The van der Waals surface area contributed by atoms with Gasteiger partial charge in [0.2, 0.25) is 0 Å². The molecule has 1 rings (SSSR count). The lowest BCUT2D eigenvalue weighted by Crippen LogP contribution is -2.34. The molecule has 1 aromatic heterocycles. The summed E-state index contributed by atoms with van der Waals surface area (Å²) in [6.45, 7) is 6.66. The summed E-state index contributed by atoms with van der Waals surface area (Å²) in [6.07, 6.45) is 1.27. The Morgan fingerprint density at radius 1 is 1.65 bits per heavy atom. The Balaban J connectivity index is 2.48. The number of ether oxygens (including phenoxy) is 1. The number of aromatic nitrogens is 1. The normalized spacial score (nSPS) is 12.5. The van der Waals surface area contributed by atoms with Crippen LogP contribution >= 0.6 is 0 Å². The molecule has 0 spiro atoms. The summed E-state index contributed by atoms with van der Waals surface area (Å²) in [5.74, 6) is -0.126. The predicted molar refractivity (Wildman–Crippen MR) is 63.8 cm³/mol. The fraction of sp³-hybridized carbons (Fsp3) is 0.636. The second kappa shape index (κ2) is 6.24. The molecule has 1 aromatic rings. The maximum atomic E-state index is 11.3. The third-order valence-corrected chi connectivity index (χ3v) is 2.33. The van der Waals surface area contributed by atoms with Gasteiger partial charge in [0.1, 0.15) is 6.26 Å². The fourth-order valence-electron chi connectivity index (χ4n) is 1.09. The molecule has 1 unspecified atom stereocenters. The number of esters is 1. The van der Waals surface area contributed by atoms with Gasteiger partial charge in [0.15, 0.2) is 5.69 Å². The van der Waals surface area contributed by atoms with Gasteiger partial charge in [-0.15, -0.1) is 0 Å². The van der Waals surface area contributed by atoms with Crippen molar-refractivity contribution in [3.8, 4) is 0 Å². The minimum Gasteiger partial charge on any atom is -0.461 e. The number of nitrogens with one attached hydrogen (secondary N) is 1. The number of hydrogen-bond acceptors (Lipinski definition) is 6. The molecule has 0 aliphatic rings. The van der Waals surface area contributed by atoms with Gasteiger partial charge in [-0.25, -0.2) is 4.79 Å². The average Bonchev–Trinajstić information content (AvgIpc) is 2.74. The molecule has 17 heavy (non-hydrogen) atoms. The molecule has 3 N–H and O–H groups in total. The van der Waals surface area contributed by atoms with E-state index < -0.39 is 5.97 Å². The average molecular weight is 241 g/mol. The van der Waals surface area contributed by atoms with Gasteiger partial charge in [0.25, 0.3) is 6.01 Å². The summed E-state index contributed by atoms with van der Waals surface area (Å²) in [4.78, 5) is 15.3. The van der Waals surface area contributed by atoms with Gasteiger partial charge in [-0.2, -0.15) is 4.98 Å². The van der Waals surface area contributed by atoms with Crippen molar-refractivity contribution in [2.24, 2.45) is 11.7 Å². The van der Waals surface area contributed by atoms with Gasteiger partial charge in [0.05, 0.1) is 6.61 Å². The number of rotatable bonds is 6. The third-order valence-electron chi connectivity index (χ3n) is 2.33. The number of nitrogens with two attached hydrogens (primary N) is 1. The molecule has 0 aliphatic carbocycles. The molecule has 0 aliphatic heterocycles. The van der Waals surface area contributed by atoms with E-state index in [1.54, 1.807) is 6.92 Å². The van der Waals surface area contributed by atoms with Gasteiger partial charge in [0, 0.05) is 12.6 Å². The van der Waals surface area contributed by atoms with Crippen LogP contribution in [-0.2, 0) is 4.74 Å². The molecule has 0 saturated heterocycles. The Kier molecular flexibility index (Phi) is 4.96. The second-order valence-electron chi connectivity index (χ2n) is 4.05. The van der Waals surface area contributed by atoms with Crippen molar-refractivity contribution < 1.29 is 13.9 Å². The quantitative estimate of drug-likeness (QED) is 0.728. The van der Waals surface area contributed by atoms with Crippen LogP contribution in [0.4, 0.5) is 6.01 Å². The number of oxazole rings is 1. The monoisotopic (exact) mass is 241 g/mol. The number of nitrogens with zero attached hydrogens (tertiary/aromatic N) is 1. The molecule has 0 radical (unpaired) electrons. The largest absolute Gasteiger partial charge is 0.461 e. The van der Waals surface area contributed by atoms with E-state index in [0.717, 1.165) is 0 Å². The molecular weight excluding hydrogens is 222 g/mol. The highest BCUT2D eigenvalue weighted by molar-refractivity contribution is 5.87. The van der Waals surface area contributed by atoms with E-state index in [9.17, 15) is 4.79 Å². The van der Waals surface area contributed by atoms with E-state index in [0.29, 0.717) is 19.1 Å². The highest BCUT2D eigenvalue weighted by Crippen LogP contribution is 2.09. The van der Waals surface area contributed by atoms with Crippen molar-refractivity contribution in [1.29, 1.82) is 0 Å². The summed E-state index contributed by atoms with van der Waals surface area (Å²) in [6, 6.07) is 0.289. The van der Waals surface area contributed by atoms with Gasteiger partial charge >= 0.3 is 5.97 Å². The highest BCUT2D eigenvalue weighted by atomic mass is 16.5. The molecule has 6 heteroatoms. The van der Waals surface area contributed by atoms with E-state index in [-0.39, 0.29) is 17.8 Å². The molecule has 1 heterocycles. The van der Waals surface area contributed by atoms with Crippen LogP contribution in [0.5, 0.6) is 0 Å². The zero-order chi connectivity index (χ0) is 12.8. The molecule has 6 nitrogen and oxygen atoms in total. The van der Waals surface area contributed by atoms with E-state index in [4.69, 9.17) is 14.9 Å². The standard InChI is InChI=1S/C11H19N3O3/c1-4-16-10(15)9-6-17-11(14-9)13-5-8(12)7(2)3/h6-8H,4-5,12H2,1-3H3,(H,13,14). The molecule has 0 fully saturated rings. The first-order valence-electron chi connectivity index (χ1n) is 5.66. The van der Waals surface area contributed by atoms with E-state index in [1.807, 2.05) is 13.8 Å². The molecule has 0 bridgehead atoms. The smallest absolute Gasteiger partial charge is 0.360 e. The van der Waals surface area contributed by atoms with Crippen molar-refractivity contribution >= 4 is 12.0 Å². The lowest BCUT2D eigenvalue weighted by molar-refractivity contribution is 0.0519. The molecule has 1 atom stereocenters. The summed E-state index contributed by atoms with van der Waals surface area (Å²) in [5.41, 5.74) is 6.01. The first-order valence-corrected chi connectivity index (χ1v) is 5.66. The topological polar surface area (TPSA) is 90.4 Å². The SMILES string of the molecule is CCOC(=O)c1coc(NCC(N)C(C)C)n1. The van der Waals surface area contributed by atoms with Crippen LogP contribution in [0.15, 0.2) is 10.7 Å². The highest BCUT2D eigenvalue weighted by Gasteiger charge is 2.14. The number of anilines is 1. The van der Waals surface area contributed by atoms with Gasteiger partial charge in [-0.1, -0.05) is 13.8 Å². The third kappa shape index (κ3) is 4.07. The fourth-order valence-corrected chi connectivity index (χ4v) is 1.09. The summed E-state index contributed by atoms with van der Waals surface area (Å²) in [7, 11) is 0. The van der Waals surface area contributed by atoms with E-state index in [2.05, 4.69) is 10.3 Å². The maximum Gasteiger partial charge on any atom is 0.360 e. The second-order valence-corrected chi connectivity index (χ2v) is 4.05. The van der Waals surface area contributed by atoms with Crippen molar-refractivity contribution in [2.75, 3.05) is 18.5 Å². The molecule has 0 amide bonds. The number of carbonyl (C=O) groups excluding carboxylic acids is 1. The molecular formula is C11H19N3O3. The zero-order valence-electron chi connectivity index (χ0n) is 10.4. The van der Waals surface area contributed by atoms with Crippen LogP contribution in [0.2, 0.25) is 0 Å². The van der Waals surface area contributed by atoms with Crippen LogP contribution in [0.3, 0.4) is 0 Å². The Labute approximate surface area is 101 Å². The maximum absolute atomic E-state index is 11.3. The lowest BCUT2D eigenvalue weighted by Gasteiger charge is -2.14. The summed E-state index contributed by atoms with van der Waals surface area (Å²) < 4.78 is 9.87. The lowest BCUT2D eigenvalue weighted by atomic mass is 10.1. The first kappa shape index (κ1) is 13.5. The van der Waals surface area contributed by atoms with E-state index >= 15 is 0 Å². The first-order chi connectivity index (χ1) is 8.04. The predicted octanol–water partition coefficient (Wildman–Crippen LogP) is 1.25. The minimum atomic E-state index is -0.488. The summed E-state index contributed by atoms with van der Waals surface area (Å²) >= 11 is 0. The Hall–Kier alpha value is -1.56. The van der Waals surface area contributed by atoms with Gasteiger partial charge < -0.3 is 20.2 Å². The Morgan fingerprint density at radius 2 is 2.35 bits per heavy atom. The van der Waals surface area contributed by atoms with Crippen LogP contribution in [-0.4, -0.2) is 30.1 Å². The van der Waals surface area contributed by atoms with Crippen molar-refractivity contribution in [3.63, 3.8) is 0 Å².